The Bertz CT molecular complexity index is 1340. The van der Waals surface area contributed by atoms with E-state index in [2.05, 4.69) is 5.32 Å². The normalized spacial score (nSPS) is 19.7. The van der Waals surface area contributed by atoms with Crippen LogP contribution in [0.3, 0.4) is 0 Å². The summed E-state index contributed by atoms with van der Waals surface area (Å²) in [5.41, 5.74) is 0.689. The second-order valence-corrected chi connectivity index (χ2v) is 11.4. The summed E-state index contributed by atoms with van der Waals surface area (Å²) in [6, 6.07) is 10.5. The van der Waals surface area contributed by atoms with Crippen LogP contribution >= 0.6 is 11.6 Å². The molecule has 2 amide bonds. The molecule has 12 heteroatoms. The lowest BCUT2D eigenvalue weighted by molar-refractivity contribution is -0.139. The number of likely N-dealkylation sites (N-methyl/N-ethyl adjacent to an activating group) is 1. The Kier molecular flexibility index (Phi) is 8.71. The third kappa shape index (κ3) is 5.85. The van der Waals surface area contributed by atoms with E-state index in [0.717, 1.165) is 0 Å². The predicted octanol–water partition coefficient (Wildman–Crippen LogP) is 3.39. The molecule has 2 aliphatic rings. The molecule has 1 unspecified atom stereocenters. The van der Waals surface area contributed by atoms with Gasteiger partial charge in [0, 0.05) is 49.5 Å². The van der Waals surface area contributed by atoms with Crippen molar-refractivity contribution >= 4 is 33.6 Å². The van der Waals surface area contributed by atoms with Crippen LogP contribution in [0.4, 0.5) is 9.18 Å². The van der Waals surface area contributed by atoms with E-state index in [4.69, 9.17) is 16.3 Å². The van der Waals surface area contributed by atoms with E-state index >= 15 is 0 Å². The van der Waals surface area contributed by atoms with Crippen molar-refractivity contribution in [1.82, 2.24) is 19.4 Å². The van der Waals surface area contributed by atoms with Crippen molar-refractivity contribution in [2.75, 3.05) is 46.4 Å². The van der Waals surface area contributed by atoms with Gasteiger partial charge in [-0.2, -0.15) is 4.31 Å². The number of nitrogens with zero attached hydrogens (tertiary/aromatic N) is 3. The highest BCUT2D eigenvalue weighted by Crippen LogP contribution is 2.33. The van der Waals surface area contributed by atoms with Gasteiger partial charge in [-0.1, -0.05) is 29.8 Å². The van der Waals surface area contributed by atoms with Gasteiger partial charge in [-0.3, -0.25) is 9.80 Å². The molecule has 9 nitrogen and oxygen atoms in total. The lowest BCUT2D eigenvalue weighted by atomic mass is 9.94. The molecule has 0 bridgehead atoms. The molecule has 1 atom stereocenters. The summed E-state index contributed by atoms with van der Waals surface area (Å²) in [7, 11) is -2.18. The number of esters is 1. The van der Waals surface area contributed by atoms with E-state index in [0.29, 0.717) is 36.8 Å². The molecular weight excluding hydrogens is 535 g/mol. The van der Waals surface area contributed by atoms with Crippen LogP contribution < -0.4 is 5.32 Å². The number of amides is 2. The number of urea groups is 1. The summed E-state index contributed by atoms with van der Waals surface area (Å²) >= 11 is 5.91. The van der Waals surface area contributed by atoms with E-state index < -0.39 is 33.9 Å². The third-order valence-electron chi connectivity index (χ3n) is 6.66. The molecule has 0 aliphatic carbocycles. The van der Waals surface area contributed by atoms with Crippen molar-refractivity contribution < 1.29 is 27.1 Å². The van der Waals surface area contributed by atoms with Gasteiger partial charge in [-0.05, 0) is 50.2 Å². The highest BCUT2D eigenvalue weighted by molar-refractivity contribution is 7.89. The molecule has 1 N–H and O–H groups in total. The van der Waals surface area contributed by atoms with Crippen LogP contribution in [0.5, 0.6) is 0 Å². The minimum atomic E-state index is -3.71. The van der Waals surface area contributed by atoms with Gasteiger partial charge < -0.3 is 10.1 Å². The number of benzene rings is 2. The number of hydrogen-bond acceptors (Lipinski definition) is 6. The van der Waals surface area contributed by atoms with Crippen molar-refractivity contribution in [2.24, 2.45) is 0 Å². The minimum Gasteiger partial charge on any atom is -0.463 e. The van der Waals surface area contributed by atoms with Gasteiger partial charge in [0.25, 0.3) is 0 Å². The number of carbonyl (C=O) groups excluding carboxylic acids is 2. The average Bonchev–Trinajstić information content (AvgIpc) is 3.13. The number of hydrogen-bond donors (Lipinski definition) is 1. The maximum Gasteiger partial charge on any atom is 0.338 e. The van der Waals surface area contributed by atoms with E-state index in [1.165, 1.54) is 58.7 Å². The zero-order chi connectivity index (χ0) is 27.4. The number of halogens is 2. The third-order valence-corrected chi connectivity index (χ3v) is 8.83. The molecule has 38 heavy (non-hydrogen) atoms. The highest BCUT2D eigenvalue weighted by Gasteiger charge is 2.38. The Morgan fingerprint density at radius 1 is 1.11 bits per heavy atom. The topological polar surface area (TPSA) is 99.3 Å². The molecule has 0 radical (unpaired) electrons. The van der Waals surface area contributed by atoms with Crippen LogP contribution in [-0.4, -0.2) is 80.9 Å². The smallest absolute Gasteiger partial charge is 0.338 e. The van der Waals surface area contributed by atoms with Crippen LogP contribution in [0.15, 0.2) is 64.7 Å². The monoisotopic (exact) mass is 564 g/mol. The van der Waals surface area contributed by atoms with Gasteiger partial charge in [-0.15, -0.1) is 0 Å². The fraction of sp³-hybridized carbons (Fsp3) is 0.385. The van der Waals surface area contributed by atoms with Crippen molar-refractivity contribution in [3.05, 3.63) is 76.2 Å². The number of carbonyl (C=O) groups is 2. The van der Waals surface area contributed by atoms with Crippen molar-refractivity contribution in [3.8, 4) is 0 Å². The molecular formula is C26H30ClFN4O5S. The molecule has 4 rings (SSSR count). The number of nitrogens with one attached hydrogen (secondary N) is 1. The fourth-order valence-corrected chi connectivity index (χ4v) is 6.25. The molecule has 0 aromatic heterocycles. The van der Waals surface area contributed by atoms with Crippen LogP contribution in [0.25, 0.3) is 0 Å². The quantitative estimate of drug-likeness (QED) is 0.518. The van der Waals surface area contributed by atoms with Crippen LogP contribution in [0.1, 0.15) is 24.9 Å². The summed E-state index contributed by atoms with van der Waals surface area (Å²) < 4.78 is 47.9. The lowest BCUT2D eigenvalue weighted by Crippen LogP contribution is -2.49. The molecule has 0 spiro atoms. The second kappa shape index (κ2) is 11.8. The minimum absolute atomic E-state index is 0.110. The maximum atomic E-state index is 14.8. The molecule has 2 heterocycles. The van der Waals surface area contributed by atoms with Gasteiger partial charge in [0.05, 0.1) is 23.1 Å². The predicted molar refractivity (Wildman–Crippen MR) is 140 cm³/mol. The van der Waals surface area contributed by atoms with E-state index in [1.54, 1.807) is 13.0 Å². The van der Waals surface area contributed by atoms with Gasteiger partial charge in [0.15, 0.2) is 0 Å². The van der Waals surface area contributed by atoms with Gasteiger partial charge in [0.1, 0.15) is 5.82 Å². The summed E-state index contributed by atoms with van der Waals surface area (Å²) in [5.74, 6) is -1.20. The van der Waals surface area contributed by atoms with Gasteiger partial charge >= 0.3 is 12.0 Å². The van der Waals surface area contributed by atoms with Crippen LogP contribution in [-0.2, 0) is 19.6 Å². The number of ether oxygens (including phenoxy) is 1. The first-order valence-electron chi connectivity index (χ1n) is 12.3. The Morgan fingerprint density at radius 3 is 2.50 bits per heavy atom. The Labute approximate surface area is 226 Å². The zero-order valence-electron chi connectivity index (χ0n) is 21.2. The van der Waals surface area contributed by atoms with Gasteiger partial charge in [0.2, 0.25) is 10.0 Å². The molecule has 1 saturated heterocycles. The summed E-state index contributed by atoms with van der Waals surface area (Å²) in [6.07, 6.45) is 0.543. The number of rotatable bonds is 7. The van der Waals surface area contributed by atoms with E-state index in [1.807, 2.05) is 4.90 Å². The Hall–Kier alpha value is -2.99. The lowest BCUT2D eigenvalue weighted by Gasteiger charge is -2.36. The molecule has 1 fully saturated rings. The Balaban J connectivity index is 1.62. The van der Waals surface area contributed by atoms with E-state index in [9.17, 15) is 22.4 Å². The maximum absolute atomic E-state index is 14.8. The first-order valence-corrected chi connectivity index (χ1v) is 14.1. The van der Waals surface area contributed by atoms with E-state index in [-0.39, 0.29) is 35.7 Å². The standard InChI is InChI=1S/C26H30ClFN4O5S/c1-3-37-25(33)23-22(30(2)26(34)29-24(23)20-7-4-5-8-21(20)28)17-31-13-6-14-32(16-15-31)38(35,36)19-11-9-18(27)10-12-19/h4-5,7-12,24H,3,6,13-17H2,1-2H3,(H,29,34). The van der Waals surface area contributed by atoms with Gasteiger partial charge in [-0.25, -0.2) is 22.4 Å². The molecule has 0 saturated carbocycles. The van der Waals surface area contributed by atoms with Crippen molar-refractivity contribution in [1.29, 1.82) is 0 Å². The molecule has 2 aromatic carbocycles. The summed E-state index contributed by atoms with van der Waals surface area (Å²) in [5, 5.41) is 3.16. The van der Waals surface area contributed by atoms with Crippen LogP contribution in [0.2, 0.25) is 5.02 Å². The first kappa shape index (κ1) is 28.0. The number of sulfonamides is 1. The SMILES string of the molecule is CCOC(=O)C1=C(CN2CCCN(S(=O)(=O)c3ccc(Cl)cc3)CC2)N(C)C(=O)NC1c1ccccc1F. The fourth-order valence-electron chi connectivity index (χ4n) is 4.65. The van der Waals surface area contributed by atoms with Crippen molar-refractivity contribution in [3.63, 3.8) is 0 Å². The average molecular weight is 565 g/mol. The van der Waals surface area contributed by atoms with Crippen LogP contribution in [0, 0.1) is 5.82 Å². The second-order valence-electron chi connectivity index (χ2n) is 9.03. The van der Waals surface area contributed by atoms with Crippen molar-refractivity contribution in [2.45, 2.75) is 24.3 Å². The largest absolute Gasteiger partial charge is 0.463 e. The molecule has 204 valence electrons. The molecule has 2 aromatic rings. The zero-order valence-corrected chi connectivity index (χ0v) is 22.8. The summed E-state index contributed by atoms with van der Waals surface area (Å²) in [4.78, 5) is 29.5. The molecule has 2 aliphatic heterocycles. The first-order chi connectivity index (χ1) is 18.1. The highest BCUT2D eigenvalue weighted by atomic mass is 35.5. The Morgan fingerprint density at radius 2 is 1.82 bits per heavy atom. The summed E-state index contributed by atoms with van der Waals surface area (Å²) in [6.45, 7) is 3.40.